The molecular weight excluding hydrogens is 430 g/mol. The average molecular weight is 468 g/mol. The molecule has 8 nitrogen and oxygen atoms in total. The number of nitrogens with zero attached hydrogens (tertiary/aromatic N) is 3. The fourth-order valence-corrected chi connectivity index (χ4v) is 4.26. The zero-order valence-electron chi connectivity index (χ0n) is 21.2. The molecule has 0 saturated heterocycles. The number of para-hydroxylation sites is 1. The molecule has 0 atom stereocenters. The monoisotopic (exact) mass is 467 g/mol. The molecule has 0 aliphatic rings. The number of imidazole rings is 1. The number of rotatable bonds is 10. The van der Waals surface area contributed by atoms with Gasteiger partial charge in [-0.05, 0) is 36.3 Å². The number of aryl methyl sites for hydroxylation is 3. The number of carbonyl (C=O) groups is 1. The molecular formula is C26H37N5O3. The molecule has 1 aromatic carbocycles. The number of carbonyl (C=O) groups excluding carboxylic acids is 1. The van der Waals surface area contributed by atoms with Gasteiger partial charge in [0.1, 0.15) is 5.82 Å². The van der Waals surface area contributed by atoms with Gasteiger partial charge in [0.2, 0.25) is 5.91 Å². The average Bonchev–Trinajstić information content (AvgIpc) is 3.11. The molecule has 0 radical (unpaired) electrons. The first-order chi connectivity index (χ1) is 16.1. The van der Waals surface area contributed by atoms with Crippen LogP contribution in [0.1, 0.15) is 76.8 Å². The Kier molecular flexibility index (Phi) is 8.12. The van der Waals surface area contributed by atoms with Crippen LogP contribution in [-0.4, -0.2) is 25.0 Å². The zero-order chi connectivity index (χ0) is 25.0. The third-order valence-corrected chi connectivity index (χ3v) is 6.01. The Balaban J connectivity index is 1.94. The summed E-state index contributed by atoms with van der Waals surface area (Å²) < 4.78 is 3.42. The van der Waals surface area contributed by atoms with Crippen molar-refractivity contribution in [1.29, 1.82) is 0 Å². The summed E-state index contributed by atoms with van der Waals surface area (Å²) in [5, 5.41) is 3.09. The van der Waals surface area contributed by atoms with Gasteiger partial charge >= 0.3 is 5.69 Å². The maximum atomic E-state index is 12.9. The van der Waals surface area contributed by atoms with E-state index in [4.69, 9.17) is 4.98 Å². The highest BCUT2D eigenvalue weighted by Gasteiger charge is 2.20. The summed E-state index contributed by atoms with van der Waals surface area (Å²) >= 11 is 0. The molecule has 3 aromatic rings. The molecule has 0 aliphatic carbocycles. The number of H-pyrrole nitrogens is 1. The summed E-state index contributed by atoms with van der Waals surface area (Å²) in [5.74, 6) is 1.10. The molecule has 2 N–H and O–H groups in total. The largest absolute Gasteiger partial charge is 0.330 e. The summed E-state index contributed by atoms with van der Waals surface area (Å²) in [7, 11) is 0. The van der Waals surface area contributed by atoms with Crippen LogP contribution in [0.4, 0.5) is 5.69 Å². The Labute approximate surface area is 200 Å². The maximum Gasteiger partial charge on any atom is 0.330 e. The molecule has 8 heteroatoms. The van der Waals surface area contributed by atoms with Gasteiger partial charge in [-0.1, -0.05) is 59.2 Å². The van der Waals surface area contributed by atoms with Crippen LogP contribution in [0.2, 0.25) is 0 Å². The van der Waals surface area contributed by atoms with Crippen LogP contribution in [0.3, 0.4) is 0 Å². The van der Waals surface area contributed by atoms with Crippen molar-refractivity contribution in [1.82, 2.24) is 19.1 Å². The van der Waals surface area contributed by atoms with E-state index in [0.29, 0.717) is 36.5 Å². The van der Waals surface area contributed by atoms with Crippen LogP contribution in [0, 0.1) is 12.8 Å². The Bertz CT molecular complexity index is 1280. The second-order valence-corrected chi connectivity index (χ2v) is 9.71. The normalized spacial score (nSPS) is 11.6. The minimum absolute atomic E-state index is 0.100. The number of hydrogen-bond donors (Lipinski definition) is 2. The number of aromatic amines is 1. The van der Waals surface area contributed by atoms with Crippen molar-refractivity contribution in [2.24, 2.45) is 5.92 Å². The minimum atomic E-state index is -0.440. The van der Waals surface area contributed by atoms with Crippen LogP contribution in [0.5, 0.6) is 0 Å². The second kappa shape index (κ2) is 10.8. The van der Waals surface area contributed by atoms with Crippen LogP contribution in [-0.2, 0) is 24.3 Å². The summed E-state index contributed by atoms with van der Waals surface area (Å²) in [6, 6.07) is 6.03. The Morgan fingerprint density at radius 2 is 1.88 bits per heavy atom. The van der Waals surface area contributed by atoms with Crippen molar-refractivity contribution < 1.29 is 4.79 Å². The van der Waals surface area contributed by atoms with E-state index in [9.17, 15) is 14.4 Å². The topological polar surface area (TPSA) is 102 Å². The molecule has 0 spiro atoms. The number of aromatic nitrogens is 4. The number of nitrogens with one attached hydrogen (secondary N) is 2. The molecule has 184 valence electrons. The number of hydrogen-bond acceptors (Lipinski definition) is 4. The number of unbranched alkanes of at least 4 members (excludes halogenated alkanes) is 1. The van der Waals surface area contributed by atoms with Gasteiger partial charge < -0.3 is 9.88 Å². The first kappa shape index (κ1) is 25.5. The standard InChI is InChI=1S/C26H37N5O3/c1-7-8-14-30-24-23(25(33)29-26(30)34)31(15-16(2)3)20(27-24)12-13-21(32)28-22-18(6)10-9-11-19(22)17(4)5/h9-11,16-17H,7-8,12-15H2,1-6H3,(H,28,32)(H,29,33,34). The van der Waals surface area contributed by atoms with Crippen molar-refractivity contribution in [2.75, 3.05) is 5.32 Å². The van der Waals surface area contributed by atoms with E-state index < -0.39 is 11.2 Å². The summed E-state index contributed by atoms with van der Waals surface area (Å²) in [5.41, 5.74) is 2.93. The van der Waals surface area contributed by atoms with Gasteiger partial charge in [-0.25, -0.2) is 9.78 Å². The van der Waals surface area contributed by atoms with Gasteiger partial charge in [-0.2, -0.15) is 0 Å². The number of fused-ring (bicyclic) bond motifs is 1. The lowest BCUT2D eigenvalue weighted by Gasteiger charge is -2.16. The van der Waals surface area contributed by atoms with Gasteiger partial charge in [0.15, 0.2) is 11.2 Å². The molecule has 0 fully saturated rings. The third-order valence-electron chi connectivity index (χ3n) is 6.01. The summed E-state index contributed by atoms with van der Waals surface area (Å²) in [4.78, 5) is 45.3. The lowest BCUT2D eigenvalue weighted by Crippen LogP contribution is -2.31. The van der Waals surface area contributed by atoms with Gasteiger partial charge in [0, 0.05) is 31.6 Å². The molecule has 2 aromatic heterocycles. The fraction of sp³-hybridized carbons (Fsp3) is 0.538. The summed E-state index contributed by atoms with van der Waals surface area (Å²) in [6.07, 6.45) is 2.33. The number of benzene rings is 1. The first-order valence-corrected chi connectivity index (χ1v) is 12.3. The molecule has 0 bridgehead atoms. The first-order valence-electron chi connectivity index (χ1n) is 12.3. The van der Waals surface area contributed by atoms with Crippen molar-refractivity contribution in [3.05, 3.63) is 56.0 Å². The lowest BCUT2D eigenvalue weighted by atomic mass is 9.98. The van der Waals surface area contributed by atoms with Crippen LogP contribution in [0.15, 0.2) is 27.8 Å². The molecule has 1 amide bonds. The van der Waals surface area contributed by atoms with E-state index in [-0.39, 0.29) is 24.2 Å². The number of amides is 1. The Morgan fingerprint density at radius 1 is 1.15 bits per heavy atom. The quantitative estimate of drug-likeness (QED) is 0.463. The minimum Gasteiger partial charge on any atom is -0.326 e. The second-order valence-electron chi connectivity index (χ2n) is 9.71. The van der Waals surface area contributed by atoms with E-state index in [2.05, 4.69) is 44.9 Å². The van der Waals surface area contributed by atoms with Gasteiger partial charge in [-0.15, -0.1) is 0 Å². The molecule has 0 saturated carbocycles. The van der Waals surface area contributed by atoms with E-state index in [0.717, 1.165) is 29.7 Å². The van der Waals surface area contributed by atoms with E-state index in [1.54, 1.807) is 4.57 Å². The smallest absolute Gasteiger partial charge is 0.326 e. The Hall–Kier alpha value is -3.16. The molecule has 2 heterocycles. The SMILES string of the molecule is CCCCn1c(=O)[nH]c(=O)c2c1nc(CCC(=O)Nc1c(C)cccc1C(C)C)n2CC(C)C. The highest BCUT2D eigenvalue weighted by Crippen LogP contribution is 2.27. The lowest BCUT2D eigenvalue weighted by molar-refractivity contribution is -0.116. The zero-order valence-corrected chi connectivity index (χ0v) is 21.2. The Morgan fingerprint density at radius 3 is 2.53 bits per heavy atom. The maximum absolute atomic E-state index is 12.9. The fourth-order valence-electron chi connectivity index (χ4n) is 4.26. The molecule has 34 heavy (non-hydrogen) atoms. The highest BCUT2D eigenvalue weighted by molar-refractivity contribution is 5.92. The van der Waals surface area contributed by atoms with Gasteiger partial charge in [0.05, 0.1) is 0 Å². The van der Waals surface area contributed by atoms with Gasteiger partial charge in [0.25, 0.3) is 5.56 Å². The van der Waals surface area contributed by atoms with Crippen molar-refractivity contribution in [3.63, 3.8) is 0 Å². The van der Waals surface area contributed by atoms with Crippen LogP contribution in [0.25, 0.3) is 11.2 Å². The molecule has 0 unspecified atom stereocenters. The van der Waals surface area contributed by atoms with Crippen molar-refractivity contribution >= 4 is 22.8 Å². The van der Waals surface area contributed by atoms with E-state index in [1.165, 1.54) is 0 Å². The van der Waals surface area contributed by atoms with Crippen molar-refractivity contribution in [2.45, 2.75) is 86.2 Å². The van der Waals surface area contributed by atoms with Crippen molar-refractivity contribution in [3.8, 4) is 0 Å². The number of anilines is 1. The highest BCUT2D eigenvalue weighted by atomic mass is 16.2. The predicted molar refractivity (Wildman–Crippen MR) is 137 cm³/mol. The summed E-state index contributed by atoms with van der Waals surface area (Å²) in [6.45, 7) is 13.5. The van der Waals surface area contributed by atoms with Crippen LogP contribution < -0.4 is 16.6 Å². The van der Waals surface area contributed by atoms with Crippen LogP contribution >= 0.6 is 0 Å². The van der Waals surface area contributed by atoms with E-state index in [1.807, 2.05) is 29.7 Å². The van der Waals surface area contributed by atoms with Gasteiger partial charge in [-0.3, -0.25) is 19.1 Å². The van der Waals surface area contributed by atoms with E-state index >= 15 is 0 Å². The molecule has 3 rings (SSSR count). The third kappa shape index (κ3) is 5.48. The molecule has 0 aliphatic heterocycles. The predicted octanol–water partition coefficient (Wildman–Crippen LogP) is 4.35.